The summed E-state index contributed by atoms with van der Waals surface area (Å²) >= 11 is 0. The molecule has 2 fully saturated rings. The van der Waals surface area contributed by atoms with E-state index in [1.807, 2.05) is 24.2 Å². The molecule has 3 rings (SSSR count). The van der Waals surface area contributed by atoms with Crippen molar-refractivity contribution >= 4 is 5.91 Å². The van der Waals surface area contributed by atoms with Gasteiger partial charge in [0.25, 0.3) is 0 Å². The molecule has 2 aliphatic heterocycles. The summed E-state index contributed by atoms with van der Waals surface area (Å²) in [6.07, 6.45) is 6.70. The van der Waals surface area contributed by atoms with Crippen molar-refractivity contribution in [2.75, 3.05) is 19.6 Å². The highest BCUT2D eigenvalue weighted by Gasteiger charge is 2.43. The van der Waals surface area contributed by atoms with Crippen molar-refractivity contribution in [2.45, 2.75) is 32.7 Å². The smallest absolute Gasteiger partial charge is 0.223 e. The third kappa shape index (κ3) is 2.63. The molecule has 1 N–H and O–H groups in total. The number of hydrogen-bond donors (Lipinski definition) is 1. The van der Waals surface area contributed by atoms with Gasteiger partial charge in [0.2, 0.25) is 5.91 Å². The van der Waals surface area contributed by atoms with Gasteiger partial charge in [0.05, 0.1) is 0 Å². The Hall–Kier alpha value is -1.42. The summed E-state index contributed by atoms with van der Waals surface area (Å²) in [6, 6.07) is 2.12. The van der Waals surface area contributed by atoms with Crippen LogP contribution in [0.1, 0.15) is 30.4 Å². The van der Waals surface area contributed by atoms with E-state index in [0.29, 0.717) is 12.5 Å². The minimum Gasteiger partial charge on any atom is -0.338 e. The number of nitrogens with one attached hydrogen (secondary N) is 1. The van der Waals surface area contributed by atoms with Crippen molar-refractivity contribution in [3.8, 4) is 0 Å². The summed E-state index contributed by atoms with van der Waals surface area (Å²) in [5.41, 5.74) is 2.53. The Bertz CT molecular complexity index is 480. The summed E-state index contributed by atoms with van der Waals surface area (Å²) in [7, 11) is 0. The second-order valence-corrected chi connectivity index (χ2v) is 6.05. The molecular weight excluding hydrogens is 238 g/mol. The van der Waals surface area contributed by atoms with Gasteiger partial charge in [-0.3, -0.25) is 9.78 Å². The van der Waals surface area contributed by atoms with Crippen molar-refractivity contribution in [1.82, 2.24) is 15.2 Å². The number of aryl methyl sites for hydroxylation is 1. The van der Waals surface area contributed by atoms with E-state index in [4.69, 9.17) is 0 Å². The normalized spacial score (nSPS) is 22.2. The Balaban J connectivity index is 1.70. The van der Waals surface area contributed by atoms with Crippen LogP contribution in [-0.4, -0.2) is 35.4 Å². The lowest BCUT2D eigenvalue weighted by Crippen LogP contribution is -2.38. The minimum absolute atomic E-state index is 0.236. The third-order valence-electron chi connectivity index (χ3n) is 4.37. The van der Waals surface area contributed by atoms with E-state index >= 15 is 0 Å². The van der Waals surface area contributed by atoms with Gasteiger partial charge in [-0.05, 0) is 49.4 Å². The monoisotopic (exact) mass is 259 g/mol. The predicted octanol–water partition coefficient (Wildman–Crippen LogP) is 1.49. The van der Waals surface area contributed by atoms with Gasteiger partial charge >= 0.3 is 0 Å². The van der Waals surface area contributed by atoms with Gasteiger partial charge in [0.15, 0.2) is 0 Å². The zero-order chi connectivity index (χ0) is 13.3. The number of pyridine rings is 1. The Morgan fingerprint density at radius 2 is 2.16 bits per heavy atom. The summed E-state index contributed by atoms with van der Waals surface area (Å²) in [5, 5.41) is 3.38. The number of carbonyl (C=O) groups excluding carboxylic acids is 1. The van der Waals surface area contributed by atoms with Crippen molar-refractivity contribution in [3.63, 3.8) is 0 Å². The first-order valence-electron chi connectivity index (χ1n) is 7.06. The fraction of sp³-hybridized carbons (Fsp3) is 0.600. The summed E-state index contributed by atoms with van der Waals surface area (Å²) in [4.78, 5) is 18.4. The molecule has 2 aliphatic rings. The molecule has 3 heterocycles. The molecule has 102 valence electrons. The highest BCUT2D eigenvalue weighted by atomic mass is 16.2. The van der Waals surface area contributed by atoms with Crippen LogP contribution in [0, 0.1) is 12.3 Å². The average molecular weight is 259 g/mol. The van der Waals surface area contributed by atoms with E-state index < -0.39 is 0 Å². The van der Waals surface area contributed by atoms with E-state index in [-0.39, 0.29) is 5.41 Å². The van der Waals surface area contributed by atoms with Crippen LogP contribution in [0.4, 0.5) is 0 Å². The molecule has 0 aromatic carbocycles. The standard InChI is InChI=1S/C15H21N3O/c1-12-6-13(9-17-8-12)10-18-11-15(7-14(18)19)2-4-16-5-3-15/h6,8-9,16H,2-5,7,10-11H2,1H3. The molecule has 0 atom stereocenters. The van der Waals surface area contributed by atoms with Crippen LogP contribution < -0.4 is 5.32 Å². The summed E-state index contributed by atoms with van der Waals surface area (Å²) < 4.78 is 0. The van der Waals surface area contributed by atoms with Gasteiger partial charge < -0.3 is 10.2 Å². The van der Waals surface area contributed by atoms with Crippen LogP contribution in [0.3, 0.4) is 0 Å². The van der Waals surface area contributed by atoms with Gasteiger partial charge in [-0.25, -0.2) is 0 Å². The van der Waals surface area contributed by atoms with Gasteiger partial charge in [-0.1, -0.05) is 6.07 Å². The molecule has 1 spiro atoms. The summed E-state index contributed by atoms with van der Waals surface area (Å²) in [5.74, 6) is 0.309. The topological polar surface area (TPSA) is 45.2 Å². The molecule has 0 saturated carbocycles. The first kappa shape index (κ1) is 12.6. The number of carbonyl (C=O) groups is 1. The highest BCUT2D eigenvalue weighted by Crippen LogP contribution is 2.39. The van der Waals surface area contributed by atoms with E-state index in [1.165, 1.54) is 0 Å². The molecule has 0 radical (unpaired) electrons. The zero-order valence-electron chi connectivity index (χ0n) is 11.5. The van der Waals surface area contributed by atoms with Crippen LogP contribution in [0.5, 0.6) is 0 Å². The van der Waals surface area contributed by atoms with Crippen LogP contribution in [-0.2, 0) is 11.3 Å². The third-order valence-corrected chi connectivity index (χ3v) is 4.37. The van der Waals surface area contributed by atoms with Gasteiger partial charge in [0.1, 0.15) is 0 Å². The van der Waals surface area contributed by atoms with Crippen LogP contribution in [0.2, 0.25) is 0 Å². The fourth-order valence-corrected chi connectivity index (χ4v) is 3.34. The lowest BCUT2D eigenvalue weighted by atomic mass is 9.78. The molecule has 4 heteroatoms. The van der Waals surface area contributed by atoms with Crippen molar-refractivity contribution < 1.29 is 4.79 Å². The Morgan fingerprint density at radius 1 is 1.37 bits per heavy atom. The summed E-state index contributed by atoms with van der Waals surface area (Å²) in [6.45, 7) is 5.76. The van der Waals surface area contributed by atoms with E-state index in [2.05, 4.69) is 16.4 Å². The minimum atomic E-state index is 0.236. The highest BCUT2D eigenvalue weighted by molar-refractivity contribution is 5.79. The molecule has 0 bridgehead atoms. The largest absolute Gasteiger partial charge is 0.338 e. The molecule has 1 amide bonds. The number of rotatable bonds is 2. The second kappa shape index (κ2) is 4.93. The maximum absolute atomic E-state index is 12.2. The fourth-order valence-electron chi connectivity index (χ4n) is 3.34. The molecule has 1 aromatic rings. The first-order valence-corrected chi connectivity index (χ1v) is 7.06. The van der Waals surface area contributed by atoms with Gasteiger partial charge in [0, 0.05) is 31.9 Å². The number of hydrogen-bond acceptors (Lipinski definition) is 3. The second-order valence-electron chi connectivity index (χ2n) is 6.05. The average Bonchev–Trinajstić information content (AvgIpc) is 2.66. The molecule has 1 aromatic heterocycles. The quantitative estimate of drug-likeness (QED) is 0.875. The molecule has 0 aliphatic carbocycles. The van der Waals surface area contributed by atoms with Crippen LogP contribution in [0.15, 0.2) is 18.5 Å². The Kier molecular flexibility index (Phi) is 3.27. The molecule has 19 heavy (non-hydrogen) atoms. The number of likely N-dealkylation sites (tertiary alicyclic amines) is 1. The predicted molar refractivity (Wildman–Crippen MR) is 73.5 cm³/mol. The van der Waals surface area contributed by atoms with Crippen LogP contribution >= 0.6 is 0 Å². The van der Waals surface area contributed by atoms with E-state index in [0.717, 1.165) is 50.0 Å². The number of nitrogens with zero attached hydrogens (tertiary/aromatic N) is 2. The Morgan fingerprint density at radius 3 is 2.89 bits per heavy atom. The van der Waals surface area contributed by atoms with Crippen molar-refractivity contribution in [2.24, 2.45) is 5.41 Å². The lowest BCUT2D eigenvalue weighted by Gasteiger charge is -2.33. The number of amides is 1. The zero-order valence-corrected chi connectivity index (χ0v) is 11.5. The molecule has 2 saturated heterocycles. The maximum atomic E-state index is 12.2. The SMILES string of the molecule is Cc1cncc(CN2CC3(CCNCC3)CC2=O)c1. The van der Waals surface area contributed by atoms with Crippen LogP contribution in [0.25, 0.3) is 0 Å². The molecule has 4 nitrogen and oxygen atoms in total. The van der Waals surface area contributed by atoms with Crippen molar-refractivity contribution in [1.29, 1.82) is 0 Å². The maximum Gasteiger partial charge on any atom is 0.223 e. The van der Waals surface area contributed by atoms with Gasteiger partial charge in [-0.2, -0.15) is 0 Å². The van der Waals surface area contributed by atoms with Crippen molar-refractivity contribution in [3.05, 3.63) is 29.6 Å². The number of aromatic nitrogens is 1. The van der Waals surface area contributed by atoms with E-state index in [9.17, 15) is 4.79 Å². The molecular formula is C15H21N3O. The first-order chi connectivity index (χ1) is 9.17. The number of piperidine rings is 1. The lowest BCUT2D eigenvalue weighted by molar-refractivity contribution is -0.128. The molecule has 0 unspecified atom stereocenters. The Labute approximate surface area is 114 Å². The van der Waals surface area contributed by atoms with E-state index in [1.54, 1.807) is 0 Å². The van der Waals surface area contributed by atoms with Gasteiger partial charge in [-0.15, -0.1) is 0 Å².